The maximum atomic E-state index is 12.9. The molecule has 23 heavy (non-hydrogen) atoms. The molecule has 0 unspecified atom stereocenters. The summed E-state index contributed by atoms with van der Waals surface area (Å²) in [6.07, 6.45) is 0.525. The Morgan fingerprint density at radius 2 is 1.83 bits per heavy atom. The number of nitrogens with zero attached hydrogens (tertiary/aromatic N) is 1. The Kier molecular flexibility index (Phi) is 4.74. The molecule has 3 rings (SSSR count). The zero-order chi connectivity index (χ0) is 16.2. The molecule has 0 spiro atoms. The van der Waals surface area contributed by atoms with Gasteiger partial charge in [0.2, 0.25) is 0 Å². The van der Waals surface area contributed by atoms with Crippen molar-refractivity contribution in [2.24, 2.45) is 0 Å². The fraction of sp³-hybridized carbons (Fsp3) is 0.211. The van der Waals surface area contributed by atoms with E-state index in [4.69, 9.17) is 0 Å². The number of benzene rings is 2. The lowest BCUT2D eigenvalue weighted by Gasteiger charge is -2.28. The zero-order valence-corrected chi connectivity index (χ0v) is 13.8. The second kappa shape index (κ2) is 6.94. The molecule has 0 saturated carbocycles. The highest BCUT2D eigenvalue weighted by molar-refractivity contribution is 7.20. The number of carbonyl (C=O) groups is 1. The molecule has 0 fully saturated rings. The normalized spacial score (nSPS) is 12.3. The largest absolute Gasteiger partial charge is 0.396 e. The molecule has 1 amide bonds. The van der Waals surface area contributed by atoms with E-state index in [-0.39, 0.29) is 18.6 Å². The number of hydrogen-bond acceptors (Lipinski definition) is 3. The predicted molar refractivity (Wildman–Crippen MR) is 94.8 cm³/mol. The van der Waals surface area contributed by atoms with E-state index < -0.39 is 0 Å². The van der Waals surface area contributed by atoms with Crippen molar-refractivity contribution in [3.8, 4) is 0 Å². The molecule has 1 atom stereocenters. The number of fused-ring (bicyclic) bond motifs is 1. The fourth-order valence-corrected chi connectivity index (χ4v) is 3.83. The summed E-state index contributed by atoms with van der Waals surface area (Å²) in [5.74, 6) is -0.00602. The van der Waals surface area contributed by atoms with Gasteiger partial charge in [0.15, 0.2) is 0 Å². The summed E-state index contributed by atoms with van der Waals surface area (Å²) in [6.45, 7) is 0.0452. The fourth-order valence-electron chi connectivity index (χ4n) is 2.78. The SMILES string of the molecule is CN(C(=O)c1cc2ccccc2s1)[C@@H](CCO)c1ccccc1. The lowest BCUT2D eigenvalue weighted by atomic mass is 10.0. The van der Waals surface area contributed by atoms with Gasteiger partial charge >= 0.3 is 0 Å². The molecule has 1 N–H and O–H groups in total. The standard InChI is InChI=1S/C19H19NO2S/c1-20(16(11-12-21)14-7-3-2-4-8-14)19(22)18-13-15-9-5-6-10-17(15)23-18/h2-10,13,16,21H,11-12H2,1H3/t16-/m0/s1. The van der Waals surface area contributed by atoms with Crippen molar-refractivity contribution in [1.29, 1.82) is 0 Å². The molecule has 0 radical (unpaired) electrons. The zero-order valence-electron chi connectivity index (χ0n) is 13.0. The van der Waals surface area contributed by atoms with Gasteiger partial charge in [-0.3, -0.25) is 4.79 Å². The molecule has 0 aliphatic rings. The first-order valence-electron chi connectivity index (χ1n) is 7.62. The second-order valence-electron chi connectivity index (χ2n) is 5.50. The van der Waals surface area contributed by atoms with Crippen LogP contribution in [0, 0.1) is 0 Å². The van der Waals surface area contributed by atoms with Crippen molar-refractivity contribution in [2.75, 3.05) is 13.7 Å². The number of aliphatic hydroxyl groups is 1. The number of aliphatic hydroxyl groups excluding tert-OH is 1. The minimum Gasteiger partial charge on any atom is -0.396 e. The van der Waals surface area contributed by atoms with Crippen LogP contribution in [0.3, 0.4) is 0 Å². The van der Waals surface area contributed by atoms with Gasteiger partial charge in [0, 0.05) is 18.4 Å². The van der Waals surface area contributed by atoms with Crippen LogP contribution >= 0.6 is 11.3 Å². The van der Waals surface area contributed by atoms with Crippen molar-refractivity contribution in [2.45, 2.75) is 12.5 Å². The molecule has 1 aromatic heterocycles. The van der Waals surface area contributed by atoms with Gasteiger partial charge in [-0.2, -0.15) is 0 Å². The Morgan fingerprint density at radius 1 is 1.13 bits per heavy atom. The molecule has 0 bridgehead atoms. The van der Waals surface area contributed by atoms with E-state index >= 15 is 0 Å². The maximum absolute atomic E-state index is 12.9. The minimum atomic E-state index is -0.126. The van der Waals surface area contributed by atoms with Crippen molar-refractivity contribution in [1.82, 2.24) is 4.90 Å². The molecule has 2 aromatic carbocycles. The van der Waals surface area contributed by atoms with Gasteiger partial charge in [-0.25, -0.2) is 0 Å². The summed E-state index contributed by atoms with van der Waals surface area (Å²) < 4.78 is 1.11. The van der Waals surface area contributed by atoms with Crippen LogP contribution in [0.2, 0.25) is 0 Å². The molecule has 0 saturated heterocycles. The molecule has 3 nitrogen and oxygen atoms in total. The third-order valence-corrected chi connectivity index (χ3v) is 5.12. The van der Waals surface area contributed by atoms with Gasteiger partial charge in [0.1, 0.15) is 0 Å². The summed E-state index contributed by atoms with van der Waals surface area (Å²) in [5, 5.41) is 10.5. The average molecular weight is 325 g/mol. The van der Waals surface area contributed by atoms with E-state index in [1.807, 2.05) is 60.7 Å². The van der Waals surface area contributed by atoms with Gasteiger partial charge in [-0.05, 0) is 29.5 Å². The summed E-state index contributed by atoms with van der Waals surface area (Å²) in [5.41, 5.74) is 1.04. The van der Waals surface area contributed by atoms with Crippen LogP contribution < -0.4 is 0 Å². The van der Waals surface area contributed by atoms with Crippen LogP contribution in [0.5, 0.6) is 0 Å². The second-order valence-corrected chi connectivity index (χ2v) is 6.59. The number of thiophene rings is 1. The maximum Gasteiger partial charge on any atom is 0.264 e. The summed E-state index contributed by atoms with van der Waals surface area (Å²) >= 11 is 1.51. The first kappa shape index (κ1) is 15.7. The molecular formula is C19H19NO2S. The minimum absolute atomic E-state index is 0.00602. The van der Waals surface area contributed by atoms with E-state index in [1.165, 1.54) is 11.3 Å². The van der Waals surface area contributed by atoms with Gasteiger partial charge in [-0.1, -0.05) is 48.5 Å². The molecule has 0 aliphatic heterocycles. The van der Waals surface area contributed by atoms with Crippen LogP contribution in [0.15, 0.2) is 60.7 Å². The number of rotatable bonds is 5. The van der Waals surface area contributed by atoms with Crippen molar-refractivity contribution < 1.29 is 9.90 Å². The van der Waals surface area contributed by atoms with Gasteiger partial charge in [-0.15, -0.1) is 11.3 Å². The van der Waals surface area contributed by atoms with E-state index in [0.29, 0.717) is 6.42 Å². The molecule has 118 valence electrons. The Bertz CT molecular complexity index is 764. The monoisotopic (exact) mass is 325 g/mol. The number of carbonyl (C=O) groups excluding carboxylic acids is 1. The molecular weight excluding hydrogens is 306 g/mol. The average Bonchev–Trinajstić information content (AvgIpc) is 3.03. The summed E-state index contributed by atoms with van der Waals surface area (Å²) in [4.78, 5) is 15.3. The van der Waals surface area contributed by atoms with Crippen LogP contribution in [0.1, 0.15) is 27.7 Å². The third-order valence-electron chi connectivity index (χ3n) is 4.01. The number of amides is 1. The predicted octanol–water partition coefficient (Wildman–Crippen LogP) is 4.10. The topological polar surface area (TPSA) is 40.5 Å². The number of hydrogen-bond donors (Lipinski definition) is 1. The lowest BCUT2D eigenvalue weighted by molar-refractivity contribution is 0.0710. The van der Waals surface area contributed by atoms with Gasteiger partial charge in [0.25, 0.3) is 5.91 Å². The Balaban J connectivity index is 1.89. The van der Waals surface area contributed by atoms with E-state index in [2.05, 4.69) is 0 Å². The summed E-state index contributed by atoms with van der Waals surface area (Å²) in [6, 6.07) is 19.7. The summed E-state index contributed by atoms with van der Waals surface area (Å²) in [7, 11) is 1.81. The highest BCUT2D eigenvalue weighted by atomic mass is 32.1. The van der Waals surface area contributed by atoms with Crippen LogP contribution in [-0.2, 0) is 0 Å². The quantitative estimate of drug-likeness (QED) is 0.767. The molecule has 3 aromatic rings. The highest BCUT2D eigenvalue weighted by Gasteiger charge is 2.23. The van der Waals surface area contributed by atoms with E-state index in [1.54, 1.807) is 11.9 Å². The van der Waals surface area contributed by atoms with E-state index in [0.717, 1.165) is 20.5 Å². The van der Waals surface area contributed by atoms with Crippen LogP contribution in [-0.4, -0.2) is 29.6 Å². The third kappa shape index (κ3) is 3.28. The van der Waals surface area contributed by atoms with Crippen molar-refractivity contribution in [3.63, 3.8) is 0 Å². The van der Waals surface area contributed by atoms with Crippen molar-refractivity contribution in [3.05, 3.63) is 71.1 Å². The first-order valence-corrected chi connectivity index (χ1v) is 8.44. The van der Waals surface area contributed by atoms with Crippen LogP contribution in [0.4, 0.5) is 0 Å². The van der Waals surface area contributed by atoms with Gasteiger partial charge < -0.3 is 10.0 Å². The smallest absolute Gasteiger partial charge is 0.264 e. The van der Waals surface area contributed by atoms with Gasteiger partial charge in [0.05, 0.1) is 10.9 Å². The lowest BCUT2D eigenvalue weighted by Crippen LogP contribution is -2.31. The molecule has 0 aliphatic carbocycles. The Morgan fingerprint density at radius 3 is 2.52 bits per heavy atom. The Hall–Kier alpha value is -2.17. The van der Waals surface area contributed by atoms with Crippen molar-refractivity contribution >= 4 is 27.3 Å². The molecule has 1 heterocycles. The first-order chi connectivity index (χ1) is 11.2. The van der Waals surface area contributed by atoms with Crippen LogP contribution in [0.25, 0.3) is 10.1 Å². The Labute approximate surface area is 139 Å². The molecule has 4 heteroatoms. The highest BCUT2D eigenvalue weighted by Crippen LogP contribution is 2.29. The van der Waals surface area contributed by atoms with E-state index in [9.17, 15) is 9.90 Å².